The Balaban J connectivity index is 1.94. The maximum atomic E-state index is 10.6. The Morgan fingerprint density at radius 1 is 1.33 bits per heavy atom. The van der Waals surface area contributed by atoms with Crippen molar-refractivity contribution in [1.82, 2.24) is 25.0 Å². The van der Waals surface area contributed by atoms with Crippen molar-refractivity contribution in [2.75, 3.05) is 5.73 Å². The van der Waals surface area contributed by atoms with E-state index in [1.807, 2.05) is 0 Å². The molecule has 0 aliphatic carbocycles. The number of H-pyrrole nitrogens is 1. The van der Waals surface area contributed by atoms with E-state index in [-0.39, 0.29) is 5.69 Å². The molecule has 0 bridgehead atoms. The predicted octanol–water partition coefficient (Wildman–Crippen LogP) is 1.36. The molecule has 0 unspecified atom stereocenters. The molecule has 1 aromatic carbocycles. The largest absolute Gasteiger partial charge is 0.382 e. The summed E-state index contributed by atoms with van der Waals surface area (Å²) in [5.41, 5.74) is 7.12. The molecule has 0 saturated carbocycles. The minimum Gasteiger partial charge on any atom is -0.382 e. The van der Waals surface area contributed by atoms with Gasteiger partial charge >= 0.3 is 0 Å². The second kappa shape index (κ2) is 4.71. The summed E-state index contributed by atoms with van der Waals surface area (Å²) in [5.74, 6) is 1.28. The number of nitrogens with one attached hydrogen (secondary N) is 1. The third-order valence-corrected chi connectivity index (χ3v) is 2.93. The predicted molar refractivity (Wildman–Crippen MR) is 75.1 cm³/mol. The van der Waals surface area contributed by atoms with Gasteiger partial charge in [-0.25, -0.2) is 4.98 Å². The van der Waals surface area contributed by atoms with E-state index in [2.05, 4.69) is 20.3 Å². The summed E-state index contributed by atoms with van der Waals surface area (Å²) in [5, 5.41) is 21.5. The average molecular weight is 285 g/mol. The highest BCUT2D eigenvalue weighted by Gasteiger charge is 2.13. The highest BCUT2D eigenvalue weighted by atomic mass is 16.6. The van der Waals surface area contributed by atoms with Gasteiger partial charge in [0, 0.05) is 30.9 Å². The second-order valence-electron chi connectivity index (χ2n) is 4.41. The minimum atomic E-state index is -0.455. The Hall–Kier alpha value is -3.23. The minimum absolute atomic E-state index is 0.0195. The molecule has 9 nitrogen and oxygen atoms in total. The van der Waals surface area contributed by atoms with Gasteiger partial charge in [-0.2, -0.15) is 10.2 Å². The smallest absolute Gasteiger partial charge is 0.269 e. The molecule has 2 aromatic heterocycles. The molecular weight excluding hydrogens is 274 g/mol. The summed E-state index contributed by atoms with van der Waals surface area (Å²) in [6, 6.07) is 6.00. The van der Waals surface area contributed by atoms with E-state index in [9.17, 15) is 10.1 Å². The lowest BCUT2D eigenvalue weighted by Gasteiger charge is -1.94. The number of aromatic amines is 1. The maximum absolute atomic E-state index is 10.6. The van der Waals surface area contributed by atoms with Crippen LogP contribution in [0.3, 0.4) is 0 Å². The van der Waals surface area contributed by atoms with Gasteiger partial charge in [-0.3, -0.25) is 19.9 Å². The number of anilines is 1. The first-order valence-electron chi connectivity index (χ1n) is 6.01. The normalized spacial score (nSPS) is 10.7. The zero-order valence-corrected chi connectivity index (χ0v) is 11.0. The lowest BCUT2D eigenvalue weighted by molar-refractivity contribution is -0.384. The first-order valence-corrected chi connectivity index (χ1v) is 6.01. The zero-order chi connectivity index (χ0) is 15.0. The number of hydrogen-bond acceptors (Lipinski definition) is 6. The van der Waals surface area contributed by atoms with Crippen molar-refractivity contribution in [2.45, 2.75) is 0 Å². The van der Waals surface area contributed by atoms with Crippen molar-refractivity contribution in [3.63, 3.8) is 0 Å². The number of nitro benzene ring substituents is 1. The lowest BCUT2D eigenvalue weighted by Crippen LogP contribution is -1.91. The third-order valence-electron chi connectivity index (χ3n) is 2.93. The molecule has 0 amide bonds. The van der Waals surface area contributed by atoms with Crippen molar-refractivity contribution in [2.24, 2.45) is 7.05 Å². The quantitative estimate of drug-likeness (QED) is 0.552. The molecule has 106 valence electrons. The van der Waals surface area contributed by atoms with Gasteiger partial charge in [0.1, 0.15) is 0 Å². The molecule has 3 N–H and O–H groups in total. The van der Waals surface area contributed by atoms with Crippen LogP contribution in [0, 0.1) is 10.1 Å². The van der Waals surface area contributed by atoms with Crippen molar-refractivity contribution >= 4 is 11.5 Å². The second-order valence-corrected chi connectivity index (χ2v) is 4.41. The van der Waals surface area contributed by atoms with E-state index < -0.39 is 4.92 Å². The van der Waals surface area contributed by atoms with Crippen LogP contribution >= 0.6 is 0 Å². The first-order chi connectivity index (χ1) is 10.0. The van der Waals surface area contributed by atoms with E-state index in [0.29, 0.717) is 28.6 Å². The number of benzene rings is 1. The van der Waals surface area contributed by atoms with Crippen LogP contribution in [0.1, 0.15) is 0 Å². The van der Waals surface area contributed by atoms with Crippen LogP contribution in [0.5, 0.6) is 0 Å². The van der Waals surface area contributed by atoms with Crippen LogP contribution in [-0.4, -0.2) is 29.9 Å². The van der Waals surface area contributed by atoms with E-state index in [4.69, 9.17) is 5.73 Å². The van der Waals surface area contributed by atoms with Crippen LogP contribution in [0.25, 0.3) is 22.8 Å². The Bertz CT molecular complexity index is 803. The molecule has 0 aliphatic heterocycles. The molecule has 0 aliphatic rings. The molecule has 2 heterocycles. The number of rotatable bonds is 3. The molecular formula is C12H11N7O2. The summed E-state index contributed by atoms with van der Waals surface area (Å²) in [6.07, 6.45) is 1.73. The van der Waals surface area contributed by atoms with Gasteiger partial charge in [0.2, 0.25) is 0 Å². The van der Waals surface area contributed by atoms with Gasteiger partial charge in [-0.15, -0.1) is 0 Å². The highest BCUT2D eigenvalue weighted by Crippen LogP contribution is 2.24. The molecule has 0 fully saturated rings. The van der Waals surface area contributed by atoms with Crippen LogP contribution in [0.15, 0.2) is 30.5 Å². The molecule has 0 saturated heterocycles. The Kier molecular flexibility index (Phi) is 2.87. The molecule has 21 heavy (non-hydrogen) atoms. The molecule has 0 radical (unpaired) electrons. The van der Waals surface area contributed by atoms with Gasteiger partial charge in [0.15, 0.2) is 17.5 Å². The molecule has 0 spiro atoms. The number of nitro groups is 1. The monoisotopic (exact) mass is 285 g/mol. The maximum Gasteiger partial charge on any atom is 0.269 e. The third kappa shape index (κ3) is 2.31. The fourth-order valence-corrected chi connectivity index (χ4v) is 1.93. The number of aryl methyl sites for hydroxylation is 1. The lowest BCUT2D eigenvalue weighted by atomic mass is 10.2. The summed E-state index contributed by atoms with van der Waals surface area (Å²) in [4.78, 5) is 14.5. The average Bonchev–Trinajstić information content (AvgIpc) is 3.05. The van der Waals surface area contributed by atoms with E-state index in [1.165, 1.54) is 12.1 Å². The fourth-order valence-electron chi connectivity index (χ4n) is 1.93. The van der Waals surface area contributed by atoms with Crippen molar-refractivity contribution < 1.29 is 4.92 Å². The summed E-state index contributed by atoms with van der Waals surface area (Å²) in [7, 11) is 1.76. The van der Waals surface area contributed by atoms with E-state index in [1.54, 1.807) is 30.1 Å². The summed E-state index contributed by atoms with van der Waals surface area (Å²) >= 11 is 0. The summed E-state index contributed by atoms with van der Waals surface area (Å²) < 4.78 is 1.58. The number of non-ortho nitro benzene ring substituents is 1. The first kappa shape index (κ1) is 12.8. The van der Waals surface area contributed by atoms with Gasteiger partial charge in [-0.05, 0) is 12.1 Å². The molecule has 3 aromatic rings. The Morgan fingerprint density at radius 2 is 2.05 bits per heavy atom. The van der Waals surface area contributed by atoms with Crippen molar-refractivity contribution in [3.8, 4) is 22.8 Å². The number of hydrogen-bond donors (Lipinski definition) is 2. The molecule has 9 heteroatoms. The van der Waals surface area contributed by atoms with Gasteiger partial charge in [0.05, 0.1) is 10.5 Å². The standard InChI is InChI=1S/C12H11N7O2/c1-18-6-9(10(13)17-18)12-14-11(15-16-12)7-2-4-8(5-3-7)19(20)21/h2-6H,1H3,(H2,13,17)(H,14,15,16). The van der Waals surface area contributed by atoms with Crippen LogP contribution in [0.2, 0.25) is 0 Å². The van der Waals surface area contributed by atoms with E-state index >= 15 is 0 Å². The fraction of sp³-hybridized carbons (Fsp3) is 0.0833. The summed E-state index contributed by atoms with van der Waals surface area (Å²) in [6.45, 7) is 0. The van der Waals surface area contributed by atoms with Crippen LogP contribution in [-0.2, 0) is 7.05 Å². The van der Waals surface area contributed by atoms with Crippen LogP contribution < -0.4 is 5.73 Å². The number of aromatic nitrogens is 5. The topological polar surface area (TPSA) is 129 Å². The van der Waals surface area contributed by atoms with Gasteiger partial charge in [0.25, 0.3) is 5.69 Å². The van der Waals surface area contributed by atoms with E-state index in [0.717, 1.165) is 0 Å². The number of nitrogen functional groups attached to an aromatic ring is 1. The zero-order valence-electron chi connectivity index (χ0n) is 11.0. The number of nitrogens with zero attached hydrogens (tertiary/aromatic N) is 5. The highest BCUT2D eigenvalue weighted by molar-refractivity contribution is 5.69. The Morgan fingerprint density at radius 3 is 2.62 bits per heavy atom. The Labute approximate surface area is 118 Å². The molecule has 3 rings (SSSR count). The van der Waals surface area contributed by atoms with Crippen molar-refractivity contribution in [1.29, 1.82) is 0 Å². The van der Waals surface area contributed by atoms with Crippen molar-refractivity contribution in [3.05, 3.63) is 40.6 Å². The molecule has 0 atom stereocenters. The number of nitrogens with two attached hydrogens (primary N) is 1. The SMILES string of the molecule is Cn1cc(-c2nc(-c3ccc([N+](=O)[O-])cc3)n[nH]2)c(N)n1. The van der Waals surface area contributed by atoms with Gasteiger partial charge in [-0.1, -0.05) is 0 Å². The van der Waals surface area contributed by atoms with Crippen LogP contribution in [0.4, 0.5) is 11.5 Å². The van der Waals surface area contributed by atoms with Gasteiger partial charge < -0.3 is 5.73 Å².